The van der Waals surface area contributed by atoms with E-state index in [4.69, 9.17) is 4.74 Å². The van der Waals surface area contributed by atoms with E-state index in [-0.39, 0.29) is 6.10 Å². The van der Waals surface area contributed by atoms with Crippen LogP contribution in [0.4, 0.5) is 0 Å². The van der Waals surface area contributed by atoms with Crippen molar-refractivity contribution >= 4 is 0 Å². The first kappa shape index (κ1) is 15.8. The SMILES string of the molecule is C=CCOC(CC#Cc1ccccc1)CC1(O)CCCC1. The fraction of sp³-hybridized carbons (Fsp3) is 0.474. The number of hydrogen-bond acceptors (Lipinski definition) is 2. The molecule has 0 amide bonds. The van der Waals surface area contributed by atoms with E-state index in [1.165, 1.54) is 0 Å². The minimum Gasteiger partial charge on any atom is -0.390 e. The van der Waals surface area contributed by atoms with Gasteiger partial charge in [0, 0.05) is 18.4 Å². The van der Waals surface area contributed by atoms with Gasteiger partial charge in [0.25, 0.3) is 0 Å². The number of aliphatic hydroxyl groups is 1. The van der Waals surface area contributed by atoms with Crippen LogP contribution in [0.25, 0.3) is 0 Å². The summed E-state index contributed by atoms with van der Waals surface area (Å²) in [6.07, 6.45) is 7.02. The zero-order valence-electron chi connectivity index (χ0n) is 12.6. The Morgan fingerprint density at radius 2 is 2.00 bits per heavy atom. The molecule has 2 nitrogen and oxygen atoms in total. The summed E-state index contributed by atoms with van der Waals surface area (Å²) < 4.78 is 5.78. The van der Waals surface area contributed by atoms with Crippen LogP contribution in [0.15, 0.2) is 43.0 Å². The predicted molar refractivity (Wildman–Crippen MR) is 85.9 cm³/mol. The number of ether oxygens (including phenoxy) is 1. The Hall–Kier alpha value is -1.56. The Morgan fingerprint density at radius 1 is 1.29 bits per heavy atom. The van der Waals surface area contributed by atoms with Gasteiger partial charge in [0.15, 0.2) is 0 Å². The molecule has 0 spiro atoms. The number of hydrogen-bond donors (Lipinski definition) is 1. The second-order valence-electron chi connectivity index (χ2n) is 5.75. The molecule has 1 aromatic rings. The first-order valence-electron chi connectivity index (χ1n) is 7.71. The lowest BCUT2D eigenvalue weighted by Gasteiger charge is -2.27. The van der Waals surface area contributed by atoms with Crippen LogP contribution in [0.3, 0.4) is 0 Å². The number of rotatable bonds is 6. The highest BCUT2D eigenvalue weighted by atomic mass is 16.5. The summed E-state index contributed by atoms with van der Waals surface area (Å²) in [5, 5.41) is 10.5. The van der Waals surface area contributed by atoms with Gasteiger partial charge in [-0.3, -0.25) is 0 Å². The molecule has 112 valence electrons. The lowest BCUT2D eigenvalue weighted by molar-refractivity contribution is -0.0269. The van der Waals surface area contributed by atoms with E-state index in [9.17, 15) is 5.11 Å². The zero-order chi connectivity index (χ0) is 15.0. The van der Waals surface area contributed by atoms with Crippen LogP contribution in [0, 0.1) is 11.8 Å². The molecule has 1 saturated carbocycles. The third kappa shape index (κ3) is 5.38. The lowest BCUT2D eigenvalue weighted by atomic mass is 9.93. The normalized spacial score (nSPS) is 17.8. The van der Waals surface area contributed by atoms with Gasteiger partial charge >= 0.3 is 0 Å². The van der Waals surface area contributed by atoms with Crippen LogP contribution in [0.2, 0.25) is 0 Å². The molecular weight excluding hydrogens is 260 g/mol. The summed E-state index contributed by atoms with van der Waals surface area (Å²) >= 11 is 0. The van der Waals surface area contributed by atoms with E-state index >= 15 is 0 Å². The summed E-state index contributed by atoms with van der Waals surface area (Å²) in [4.78, 5) is 0. The van der Waals surface area contributed by atoms with Gasteiger partial charge in [0.05, 0.1) is 18.3 Å². The van der Waals surface area contributed by atoms with Crippen molar-refractivity contribution in [2.24, 2.45) is 0 Å². The van der Waals surface area contributed by atoms with E-state index in [0.29, 0.717) is 19.4 Å². The molecule has 21 heavy (non-hydrogen) atoms. The minimum absolute atomic E-state index is 0.0256. The van der Waals surface area contributed by atoms with Crippen LogP contribution in [0.5, 0.6) is 0 Å². The van der Waals surface area contributed by atoms with Crippen LogP contribution >= 0.6 is 0 Å². The monoisotopic (exact) mass is 284 g/mol. The third-order valence-corrected chi connectivity index (χ3v) is 3.93. The van der Waals surface area contributed by atoms with E-state index in [1.807, 2.05) is 30.3 Å². The van der Waals surface area contributed by atoms with Crippen LogP contribution in [-0.2, 0) is 4.74 Å². The fourth-order valence-corrected chi connectivity index (χ4v) is 2.84. The highest BCUT2D eigenvalue weighted by molar-refractivity contribution is 5.33. The molecule has 1 atom stereocenters. The molecule has 1 unspecified atom stereocenters. The van der Waals surface area contributed by atoms with Crippen LogP contribution < -0.4 is 0 Å². The van der Waals surface area contributed by atoms with Crippen molar-refractivity contribution in [2.45, 2.75) is 50.2 Å². The number of benzene rings is 1. The Kier molecular flexibility index (Phi) is 6.04. The molecule has 1 fully saturated rings. The van der Waals surface area contributed by atoms with Gasteiger partial charge in [-0.2, -0.15) is 0 Å². The van der Waals surface area contributed by atoms with Crippen molar-refractivity contribution in [3.8, 4) is 11.8 Å². The molecule has 2 heteroatoms. The maximum Gasteiger partial charge on any atom is 0.0716 e. The van der Waals surface area contributed by atoms with Gasteiger partial charge in [0.1, 0.15) is 0 Å². The molecule has 1 N–H and O–H groups in total. The molecule has 0 radical (unpaired) electrons. The predicted octanol–water partition coefficient (Wildman–Crippen LogP) is 3.69. The van der Waals surface area contributed by atoms with Gasteiger partial charge in [0.2, 0.25) is 0 Å². The molecule has 0 saturated heterocycles. The van der Waals surface area contributed by atoms with E-state index < -0.39 is 5.60 Å². The van der Waals surface area contributed by atoms with E-state index in [2.05, 4.69) is 18.4 Å². The molecule has 0 heterocycles. The van der Waals surface area contributed by atoms with Gasteiger partial charge in [-0.15, -0.1) is 6.58 Å². The Balaban J connectivity index is 1.93. The van der Waals surface area contributed by atoms with Crippen molar-refractivity contribution in [1.82, 2.24) is 0 Å². The van der Waals surface area contributed by atoms with Crippen molar-refractivity contribution in [3.63, 3.8) is 0 Å². The van der Waals surface area contributed by atoms with Crippen molar-refractivity contribution in [3.05, 3.63) is 48.6 Å². The summed E-state index contributed by atoms with van der Waals surface area (Å²) in [6, 6.07) is 9.94. The summed E-state index contributed by atoms with van der Waals surface area (Å²) in [6.45, 7) is 4.19. The van der Waals surface area contributed by atoms with Crippen LogP contribution in [0.1, 0.15) is 44.1 Å². The fourth-order valence-electron chi connectivity index (χ4n) is 2.84. The molecule has 1 aliphatic carbocycles. The average molecular weight is 284 g/mol. The zero-order valence-corrected chi connectivity index (χ0v) is 12.6. The first-order valence-corrected chi connectivity index (χ1v) is 7.71. The first-order chi connectivity index (χ1) is 10.2. The maximum absolute atomic E-state index is 10.5. The molecule has 0 bridgehead atoms. The summed E-state index contributed by atoms with van der Waals surface area (Å²) in [5.74, 6) is 6.33. The molecule has 0 aromatic heterocycles. The molecule has 2 rings (SSSR count). The Bertz CT molecular complexity index is 489. The quantitative estimate of drug-likeness (QED) is 0.637. The van der Waals surface area contributed by atoms with Gasteiger partial charge in [-0.05, 0) is 25.0 Å². The maximum atomic E-state index is 10.5. The van der Waals surface area contributed by atoms with Crippen molar-refractivity contribution in [1.29, 1.82) is 0 Å². The standard InChI is InChI=1S/C19H24O2/c1-2-15-21-18(16-19(20)13-6-7-14-19)12-8-11-17-9-4-3-5-10-17/h2-5,9-10,18,20H,1,6-7,12-16H2. The second-order valence-corrected chi connectivity index (χ2v) is 5.75. The highest BCUT2D eigenvalue weighted by Gasteiger charge is 2.33. The largest absolute Gasteiger partial charge is 0.390 e. The van der Waals surface area contributed by atoms with Crippen molar-refractivity contribution in [2.75, 3.05) is 6.61 Å². The van der Waals surface area contributed by atoms with E-state index in [1.54, 1.807) is 6.08 Å². The van der Waals surface area contributed by atoms with Crippen molar-refractivity contribution < 1.29 is 9.84 Å². The lowest BCUT2D eigenvalue weighted by Crippen LogP contribution is -2.31. The smallest absolute Gasteiger partial charge is 0.0716 e. The third-order valence-electron chi connectivity index (χ3n) is 3.93. The van der Waals surface area contributed by atoms with Crippen LogP contribution in [-0.4, -0.2) is 23.4 Å². The molecular formula is C19H24O2. The Morgan fingerprint density at radius 3 is 2.67 bits per heavy atom. The van der Waals surface area contributed by atoms with E-state index in [0.717, 1.165) is 31.2 Å². The highest BCUT2D eigenvalue weighted by Crippen LogP contribution is 2.34. The molecule has 0 aliphatic heterocycles. The van der Waals surface area contributed by atoms with Gasteiger partial charge in [-0.1, -0.05) is 49.0 Å². The molecule has 1 aliphatic rings. The molecule has 1 aromatic carbocycles. The van der Waals surface area contributed by atoms with Gasteiger partial charge in [-0.25, -0.2) is 0 Å². The Labute approximate surface area is 127 Å². The minimum atomic E-state index is -0.555. The summed E-state index contributed by atoms with van der Waals surface area (Å²) in [7, 11) is 0. The summed E-state index contributed by atoms with van der Waals surface area (Å²) in [5.41, 5.74) is 0.458. The topological polar surface area (TPSA) is 29.5 Å². The van der Waals surface area contributed by atoms with Gasteiger partial charge < -0.3 is 9.84 Å². The second kappa shape index (κ2) is 8.02. The average Bonchev–Trinajstić information content (AvgIpc) is 2.92.